The normalized spacial score (nSPS) is 17.9. The van der Waals surface area contributed by atoms with Crippen LogP contribution in [0.2, 0.25) is 0 Å². The molecule has 0 bridgehead atoms. The van der Waals surface area contributed by atoms with Crippen LogP contribution < -0.4 is 10.1 Å². The Morgan fingerprint density at radius 2 is 1.97 bits per heavy atom. The highest BCUT2D eigenvalue weighted by Gasteiger charge is 2.30. The molecule has 168 valence electrons. The number of nitrogens with zero attached hydrogens (tertiary/aromatic N) is 3. The zero-order chi connectivity index (χ0) is 22.1. The number of carbonyl (C=O) groups is 1. The maximum Gasteiger partial charge on any atom is 0.259 e. The Balaban J connectivity index is 1.46. The molecule has 1 saturated heterocycles. The van der Waals surface area contributed by atoms with Crippen molar-refractivity contribution in [1.82, 2.24) is 20.4 Å². The fraction of sp³-hybridized carbons (Fsp3) is 0.480. The largest absolute Gasteiger partial charge is 0.497 e. The second-order valence-electron chi connectivity index (χ2n) is 9.04. The van der Waals surface area contributed by atoms with Gasteiger partial charge in [-0.25, -0.2) is 4.98 Å². The lowest BCUT2D eigenvalue weighted by molar-refractivity contribution is 0.0927. The Kier molecular flexibility index (Phi) is 5.83. The monoisotopic (exact) mass is 434 g/mol. The lowest BCUT2D eigenvalue weighted by Crippen LogP contribution is -2.43. The minimum atomic E-state index is -0.0956. The van der Waals surface area contributed by atoms with Gasteiger partial charge in [0.1, 0.15) is 11.4 Å². The summed E-state index contributed by atoms with van der Waals surface area (Å²) in [4.78, 5) is 20.6. The first kappa shape index (κ1) is 20.9. The lowest BCUT2D eigenvalue weighted by atomic mass is 10.0. The van der Waals surface area contributed by atoms with Crippen molar-refractivity contribution < 1.29 is 14.1 Å². The Labute approximate surface area is 188 Å². The molecule has 1 unspecified atom stereocenters. The van der Waals surface area contributed by atoms with Gasteiger partial charge in [0, 0.05) is 29.8 Å². The number of pyridine rings is 1. The zero-order valence-electron chi connectivity index (χ0n) is 18.8. The third kappa shape index (κ3) is 4.35. The van der Waals surface area contributed by atoms with Gasteiger partial charge in [-0.1, -0.05) is 11.6 Å². The van der Waals surface area contributed by atoms with Gasteiger partial charge in [0.15, 0.2) is 0 Å². The van der Waals surface area contributed by atoms with Crippen molar-refractivity contribution >= 4 is 17.0 Å². The third-order valence-electron chi connectivity index (χ3n) is 6.43. The van der Waals surface area contributed by atoms with Crippen molar-refractivity contribution in [2.24, 2.45) is 0 Å². The SMILES string of the molecule is COc1ccc(-c2noc3nc(C4CC4)cc(C(=O)NC(C)CN4CCCCC4)c23)cc1. The number of hydrogen-bond donors (Lipinski definition) is 1. The predicted octanol–water partition coefficient (Wildman–Crippen LogP) is 4.38. The van der Waals surface area contributed by atoms with E-state index in [1.807, 2.05) is 30.3 Å². The Hall–Kier alpha value is -2.93. The second-order valence-corrected chi connectivity index (χ2v) is 9.04. The minimum Gasteiger partial charge on any atom is -0.497 e. The second kappa shape index (κ2) is 8.90. The molecule has 0 spiro atoms. The molecule has 1 aliphatic heterocycles. The van der Waals surface area contributed by atoms with Gasteiger partial charge in [-0.2, -0.15) is 0 Å². The van der Waals surface area contributed by atoms with E-state index in [2.05, 4.69) is 22.3 Å². The molecule has 1 aliphatic carbocycles. The molecule has 5 rings (SSSR count). The van der Waals surface area contributed by atoms with E-state index >= 15 is 0 Å². The summed E-state index contributed by atoms with van der Waals surface area (Å²) in [5.41, 5.74) is 3.43. The van der Waals surface area contributed by atoms with E-state index in [1.54, 1.807) is 7.11 Å². The van der Waals surface area contributed by atoms with E-state index in [9.17, 15) is 4.79 Å². The number of carbonyl (C=O) groups excluding carboxylic acids is 1. The topological polar surface area (TPSA) is 80.5 Å². The number of fused-ring (bicyclic) bond motifs is 1. The van der Waals surface area contributed by atoms with Gasteiger partial charge in [0.25, 0.3) is 11.6 Å². The first-order valence-corrected chi connectivity index (χ1v) is 11.6. The van der Waals surface area contributed by atoms with E-state index in [0.29, 0.717) is 28.3 Å². The van der Waals surface area contributed by atoms with Crippen LogP contribution in [0.1, 0.15) is 61.0 Å². The average molecular weight is 435 g/mol. The number of methoxy groups -OCH3 is 1. The number of likely N-dealkylation sites (tertiary alicyclic amines) is 1. The summed E-state index contributed by atoms with van der Waals surface area (Å²) >= 11 is 0. The highest BCUT2D eigenvalue weighted by molar-refractivity contribution is 6.09. The van der Waals surface area contributed by atoms with Crippen LogP contribution in [-0.2, 0) is 0 Å². The van der Waals surface area contributed by atoms with Crippen LogP contribution >= 0.6 is 0 Å². The quantitative estimate of drug-likeness (QED) is 0.594. The molecule has 7 heteroatoms. The van der Waals surface area contributed by atoms with Crippen molar-refractivity contribution in [3.05, 3.63) is 41.6 Å². The highest BCUT2D eigenvalue weighted by Crippen LogP contribution is 2.41. The molecule has 3 aromatic rings. The molecule has 3 heterocycles. The minimum absolute atomic E-state index is 0.0532. The molecular formula is C25H30N4O3. The smallest absolute Gasteiger partial charge is 0.259 e. The van der Waals surface area contributed by atoms with Crippen LogP contribution in [0, 0.1) is 0 Å². The number of amides is 1. The number of benzene rings is 1. The number of nitrogens with one attached hydrogen (secondary N) is 1. The van der Waals surface area contributed by atoms with Gasteiger partial charge in [0.05, 0.1) is 18.1 Å². The fourth-order valence-electron chi connectivity index (χ4n) is 4.56. The number of hydrogen-bond acceptors (Lipinski definition) is 6. The summed E-state index contributed by atoms with van der Waals surface area (Å²) in [6.07, 6.45) is 5.98. The Bertz CT molecular complexity index is 1100. The lowest BCUT2D eigenvalue weighted by Gasteiger charge is -2.29. The molecule has 7 nitrogen and oxygen atoms in total. The van der Waals surface area contributed by atoms with E-state index in [4.69, 9.17) is 14.2 Å². The molecule has 1 saturated carbocycles. The number of piperidine rings is 1. The Morgan fingerprint density at radius 1 is 1.22 bits per heavy atom. The molecular weight excluding hydrogens is 404 g/mol. The van der Waals surface area contributed by atoms with Crippen LogP contribution in [0.15, 0.2) is 34.9 Å². The van der Waals surface area contributed by atoms with Gasteiger partial charge in [-0.15, -0.1) is 0 Å². The molecule has 2 fully saturated rings. The molecule has 0 radical (unpaired) electrons. The maximum absolute atomic E-state index is 13.4. The van der Waals surface area contributed by atoms with Crippen LogP contribution in [0.4, 0.5) is 0 Å². The standard InChI is InChI=1S/C25H30N4O3/c1-16(15-29-12-4-3-5-13-29)26-24(30)20-14-21(17-6-7-17)27-25-22(20)23(28-32-25)18-8-10-19(31-2)11-9-18/h8-11,14,16-17H,3-7,12-13,15H2,1-2H3,(H,26,30). The van der Waals surface area contributed by atoms with Crippen molar-refractivity contribution in [3.63, 3.8) is 0 Å². The first-order valence-electron chi connectivity index (χ1n) is 11.6. The van der Waals surface area contributed by atoms with Gasteiger partial charge in [0.2, 0.25) is 0 Å². The molecule has 2 aromatic heterocycles. The summed E-state index contributed by atoms with van der Waals surface area (Å²) in [5.74, 6) is 1.08. The molecule has 1 amide bonds. The van der Waals surface area contributed by atoms with E-state index in [1.165, 1.54) is 19.3 Å². The van der Waals surface area contributed by atoms with Gasteiger partial charge >= 0.3 is 0 Å². The summed E-state index contributed by atoms with van der Waals surface area (Å²) in [5, 5.41) is 8.17. The molecule has 1 atom stereocenters. The van der Waals surface area contributed by atoms with Crippen molar-refractivity contribution in [1.29, 1.82) is 0 Å². The van der Waals surface area contributed by atoms with E-state index in [-0.39, 0.29) is 11.9 Å². The van der Waals surface area contributed by atoms with Crippen LogP contribution in [-0.4, -0.2) is 53.7 Å². The van der Waals surface area contributed by atoms with Crippen molar-refractivity contribution in [2.45, 2.75) is 51.0 Å². The van der Waals surface area contributed by atoms with Crippen molar-refractivity contribution in [2.75, 3.05) is 26.7 Å². The summed E-state index contributed by atoms with van der Waals surface area (Å²) < 4.78 is 10.9. The summed E-state index contributed by atoms with van der Waals surface area (Å²) in [6.45, 7) is 5.16. The van der Waals surface area contributed by atoms with Gasteiger partial charge in [-0.05, 0) is 76.0 Å². The van der Waals surface area contributed by atoms with Crippen molar-refractivity contribution in [3.8, 4) is 17.0 Å². The molecule has 32 heavy (non-hydrogen) atoms. The zero-order valence-corrected chi connectivity index (χ0v) is 18.8. The fourth-order valence-corrected chi connectivity index (χ4v) is 4.56. The number of ether oxygens (including phenoxy) is 1. The van der Waals surface area contributed by atoms with Crippen LogP contribution in [0.3, 0.4) is 0 Å². The molecule has 1 N–H and O–H groups in total. The van der Waals surface area contributed by atoms with Crippen LogP contribution in [0.5, 0.6) is 5.75 Å². The van der Waals surface area contributed by atoms with E-state index < -0.39 is 0 Å². The number of rotatable bonds is 7. The summed E-state index contributed by atoms with van der Waals surface area (Å²) in [6, 6.07) is 9.59. The van der Waals surface area contributed by atoms with Crippen LogP contribution in [0.25, 0.3) is 22.4 Å². The van der Waals surface area contributed by atoms with Gasteiger partial charge < -0.3 is 19.5 Å². The first-order chi connectivity index (χ1) is 15.6. The molecule has 1 aromatic carbocycles. The third-order valence-corrected chi connectivity index (χ3v) is 6.43. The van der Waals surface area contributed by atoms with E-state index in [0.717, 1.165) is 49.5 Å². The predicted molar refractivity (Wildman–Crippen MR) is 123 cm³/mol. The average Bonchev–Trinajstić information content (AvgIpc) is 3.58. The number of aromatic nitrogens is 2. The van der Waals surface area contributed by atoms with Gasteiger partial charge in [-0.3, -0.25) is 4.79 Å². The summed E-state index contributed by atoms with van der Waals surface area (Å²) in [7, 11) is 1.64. The Morgan fingerprint density at radius 3 is 2.66 bits per heavy atom. The molecule has 2 aliphatic rings. The maximum atomic E-state index is 13.4. The highest BCUT2D eigenvalue weighted by atomic mass is 16.5.